The molecule has 33 heavy (non-hydrogen) atoms. The third kappa shape index (κ3) is 5.32. The molecule has 0 saturated carbocycles. The second kappa shape index (κ2) is 10.2. The SMILES string of the molecule is CCOc1cc(C#N)cc(Cl)c1OC(=O)c1ccc(N2CCN(C(C)=O)CC2)c([N+](=O)[O-])c1. The highest BCUT2D eigenvalue weighted by Crippen LogP contribution is 2.38. The van der Waals surface area contributed by atoms with Gasteiger partial charge in [0.2, 0.25) is 5.91 Å². The van der Waals surface area contributed by atoms with Gasteiger partial charge in [0.15, 0.2) is 11.5 Å². The van der Waals surface area contributed by atoms with E-state index in [4.69, 9.17) is 26.3 Å². The van der Waals surface area contributed by atoms with Gasteiger partial charge in [0, 0.05) is 45.2 Å². The number of anilines is 1. The molecule has 2 aromatic rings. The lowest BCUT2D eigenvalue weighted by Gasteiger charge is -2.35. The molecule has 172 valence electrons. The van der Waals surface area contributed by atoms with Gasteiger partial charge in [-0.3, -0.25) is 14.9 Å². The Kier molecular flexibility index (Phi) is 7.35. The maximum atomic E-state index is 12.8. The van der Waals surface area contributed by atoms with Gasteiger partial charge >= 0.3 is 5.97 Å². The molecule has 1 saturated heterocycles. The topological polar surface area (TPSA) is 126 Å². The van der Waals surface area contributed by atoms with Gasteiger partial charge in [0.1, 0.15) is 5.69 Å². The molecule has 1 fully saturated rings. The van der Waals surface area contributed by atoms with Crippen LogP contribution >= 0.6 is 11.6 Å². The van der Waals surface area contributed by atoms with Gasteiger partial charge in [-0.2, -0.15) is 5.26 Å². The lowest BCUT2D eigenvalue weighted by atomic mass is 10.1. The van der Waals surface area contributed by atoms with Gasteiger partial charge in [-0.15, -0.1) is 0 Å². The van der Waals surface area contributed by atoms with Gasteiger partial charge in [-0.1, -0.05) is 11.6 Å². The van der Waals surface area contributed by atoms with E-state index in [1.54, 1.807) is 16.7 Å². The average Bonchev–Trinajstić information content (AvgIpc) is 2.80. The van der Waals surface area contributed by atoms with E-state index < -0.39 is 10.9 Å². The molecular weight excluding hydrogens is 452 g/mol. The number of ether oxygens (including phenoxy) is 2. The molecule has 2 aromatic carbocycles. The fraction of sp³-hybridized carbons (Fsp3) is 0.318. The van der Waals surface area contributed by atoms with Crippen molar-refractivity contribution in [1.82, 2.24) is 4.90 Å². The van der Waals surface area contributed by atoms with Crippen LogP contribution in [-0.4, -0.2) is 54.5 Å². The number of esters is 1. The van der Waals surface area contributed by atoms with Crippen molar-refractivity contribution in [3.63, 3.8) is 0 Å². The summed E-state index contributed by atoms with van der Waals surface area (Å²) in [6, 6.07) is 8.73. The smallest absolute Gasteiger partial charge is 0.343 e. The first kappa shape index (κ1) is 23.8. The Balaban J connectivity index is 1.87. The number of hydrogen-bond acceptors (Lipinski definition) is 8. The van der Waals surface area contributed by atoms with Crippen LogP contribution in [0.5, 0.6) is 11.5 Å². The predicted octanol–water partition coefficient (Wildman–Crippen LogP) is 3.41. The number of nitrogens with zero attached hydrogens (tertiary/aromatic N) is 4. The minimum atomic E-state index is -0.862. The van der Waals surface area contributed by atoms with Crippen molar-refractivity contribution in [2.75, 3.05) is 37.7 Å². The van der Waals surface area contributed by atoms with E-state index in [0.29, 0.717) is 31.9 Å². The Morgan fingerprint density at radius 3 is 2.48 bits per heavy atom. The number of carbonyl (C=O) groups is 2. The zero-order chi connectivity index (χ0) is 24.1. The Morgan fingerprint density at radius 1 is 1.21 bits per heavy atom. The van der Waals surface area contributed by atoms with E-state index >= 15 is 0 Å². The largest absolute Gasteiger partial charge is 0.490 e. The van der Waals surface area contributed by atoms with Crippen molar-refractivity contribution in [2.45, 2.75) is 13.8 Å². The highest BCUT2D eigenvalue weighted by molar-refractivity contribution is 6.32. The molecule has 0 spiro atoms. The number of hydrogen-bond donors (Lipinski definition) is 0. The van der Waals surface area contributed by atoms with Crippen molar-refractivity contribution in [2.24, 2.45) is 0 Å². The van der Waals surface area contributed by atoms with Crippen LogP contribution in [0.4, 0.5) is 11.4 Å². The van der Waals surface area contributed by atoms with Crippen LogP contribution in [0.3, 0.4) is 0 Å². The molecular formula is C22H21ClN4O6. The third-order valence-electron chi connectivity index (χ3n) is 5.11. The number of rotatable bonds is 6. The Labute approximate surface area is 195 Å². The molecule has 3 rings (SSSR count). The van der Waals surface area contributed by atoms with Gasteiger partial charge in [-0.25, -0.2) is 4.79 Å². The summed E-state index contributed by atoms with van der Waals surface area (Å²) in [4.78, 5) is 38.9. The van der Waals surface area contributed by atoms with Crippen molar-refractivity contribution in [3.05, 3.63) is 56.6 Å². The summed E-state index contributed by atoms with van der Waals surface area (Å²) >= 11 is 6.17. The minimum Gasteiger partial charge on any atom is -0.490 e. The number of nitriles is 1. The first-order valence-electron chi connectivity index (χ1n) is 10.1. The Morgan fingerprint density at radius 2 is 1.91 bits per heavy atom. The van der Waals surface area contributed by atoms with Crippen molar-refractivity contribution < 1.29 is 24.0 Å². The summed E-state index contributed by atoms with van der Waals surface area (Å²) in [7, 11) is 0. The molecule has 1 amide bonds. The highest BCUT2D eigenvalue weighted by Gasteiger charge is 2.27. The molecule has 0 aliphatic carbocycles. The van der Waals surface area contributed by atoms with Crippen molar-refractivity contribution in [3.8, 4) is 17.6 Å². The maximum Gasteiger partial charge on any atom is 0.343 e. The van der Waals surface area contributed by atoms with Gasteiger partial charge in [-0.05, 0) is 25.1 Å². The maximum absolute atomic E-state index is 12.8. The number of amides is 1. The number of carbonyl (C=O) groups excluding carboxylic acids is 2. The molecule has 0 N–H and O–H groups in total. The predicted molar refractivity (Wildman–Crippen MR) is 120 cm³/mol. The van der Waals surface area contributed by atoms with E-state index in [2.05, 4.69) is 0 Å². The molecule has 1 aliphatic heterocycles. The van der Waals surface area contributed by atoms with Crippen LogP contribution in [0.25, 0.3) is 0 Å². The van der Waals surface area contributed by atoms with Gasteiger partial charge in [0.25, 0.3) is 5.69 Å². The van der Waals surface area contributed by atoms with Crippen molar-refractivity contribution in [1.29, 1.82) is 5.26 Å². The molecule has 1 heterocycles. The lowest BCUT2D eigenvalue weighted by Crippen LogP contribution is -2.48. The number of halogens is 1. The van der Waals surface area contributed by atoms with Crippen LogP contribution in [0.15, 0.2) is 30.3 Å². The van der Waals surface area contributed by atoms with E-state index in [-0.39, 0.29) is 45.9 Å². The fourth-order valence-corrected chi connectivity index (χ4v) is 3.72. The molecule has 0 aromatic heterocycles. The molecule has 0 unspecified atom stereocenters. The summed E-state index contributed by atoms with van der Waals surface area (Å²) in [5.41, 5.74) is 0.284. The number of nitro benzene ring substituents is 1. The number of benzene rings is 2. The van der Waals surface area contributed by atoms with Crippen molar-refractivity contribution >= 4 is 34.9 Å². The molecule has 1 aliphatic rings. The van der Waals surface area contributed by atoms with Crippen LogP contribution in [0.1, 0.15) is 29.8 Å². The zero-order valence-electron chi connectivity index (χ0n) is 18.0. The molecule has 11 heteroatoms. The quantitative estimate of drug-likeness (QED) is 0.271. The van der Waals surface area contributed by atoms with E-state index in [1.165, 1.54) is 31.2 Å². The minimum absolute atomic E-state index is 0.000289. The third-order valence-corrected chi connectivity index (χ3v) is 5.39. The van der Waals surface area contributed by atoms with Crippen LogP contribution in [-0.2, 0) is 4.79 Å². The molecule has 10 nitrogen and oxygen atoms in total. The normalized spacial score (nSPS) is 13.3. The first-order valence-corrected chi connectivity index (χ1v) is 10.5. The number of nitro groups is 1. The highest BCUT2D eigenvalue weighted by atomic mass is 35.5. The van der Waals surface area contributed by atoms with E-state index in [9.17, 15) is 19.7 Å². The molecule has 0 radical (unpaired) electrons. The summed E-state index contributed by atoms with van der Waals surface area (Å²) in [5.74, 6) is -0.868. The van der Waals surface area contributed by atoms with Gasteiger partial charge < -0.3 is 19.3 Å². The van der Waals surface area contributed by atoms with Gasteiger partial charge in [0.05, 0.1) is 33.7 Å². The molecule has 0 atom stereocenters. The summed E-state index contributed by atoms with van der Waals surface area (Å²) in [5, 5.41) is 20.8. The molecule has 0 bridgehead atoms. The Bertz CT molecular complexity index is 1140. The standard InChI is InChI=1S/C22H21ClN4O6/c1-3-32-20-11-15(13-24)10-17(23)21(20)33-22(29)16-4-5-18(19(12-16)27(30)31)26-8-6-25(7-9-26)14(2)28/h4-5,10-12H,3,6-9H2,1-2H3. The number of piperazine rings is 1. The zero-order valence-corrected chi connectivity index (χ0v) is 18.8. The van der Waals surface area contributed by atoms with E-state index in [1.807, 2.05) is 6.07 Å². The van der Waals surface area contributed by atoms with Crippen LogP contribution in [0.2, 0.25) is 5.02 Å². The summed E-state index contributed by atoms with van der Waals surface area (Å²) < 4.78 is 10.8. The summed E-state index contributed by atoms with van der Waals surface area (Å²) in [6.45, 7) is 5.21. The Hall–Kier alpha value is -3.84. The average molecular weight is 473 g/mol. The summed E-state index contributed by atoms with van der Waals surface area (Å²) in [6.07, 6.45) is 0. The second-order valence-corrected chi connectivity index (χ2v) is 7.58. The fourth-order valence-electron chi connectivity index (χ4n) is 3.47. The van der Waals surface area contributed by atoms with Crippen LogP contribution < -0.4 is 14.4 Å². The van der Waals surface area contributed by atoms with E-state index in [0.717, 1.165) is 6.07 Å². The van der Waals surface area contributed by atoms with Crippen LogP contribution in [0, 0.1) is 21.4 Å². The monoisotopic (exact) mass is 472 g/mol. The lowest BCUT2D eigenvalue weighted by molar-refractivity contribution is -0.384. The second-order valence-electron chi connectivity index (χ2n) is 7.17. The first-order chi connectivity index (χ1) is 15.7.